The number of ether oxygens (including phenoxy) is 3. The fraction of sp³-hybridized carbons (Fsp3) is 0.211. The maximum absolute atomic E-state index is 12.3. The van der Waals surface area contributed by atoms with Gasteiger partial charge in [0.2, 0.25) is 0 Å². The van der Waals surface area contributed by atoms with Crippen molar-refractivity contribution in [2.75, 3.05) is 20.5 Å². The Hall–Kier alpha value is -2.40. The molecule has 24 heavy (non-hydrogen) atoms. The first kappa shape index (κ1) is 16.5. The smallest absolute Gasteiger partial charge is 0.339 e. The Balaban J connectivity index is 2.08. The molecule has 1 aliphatic rings. The lowest BCUT2D eigenvalue weighted by atomic mass is 9.95. The molecule has 0 spiro atoms. The fourth-order valence-corrected chi connectivity index (χ4v) is 3.03. The van der Waals surface area contributed by atoms with Crippen molar-refractivity contribution in [1.29, 1.82) is 0 Å². The third-order valence-electron chi connectivity index (χ3n) is 3.91. The van der Waals surface area contributed by atoms with Crippen molar-refractivity contribution in [2.24, 2.45) is 0 Å². The molecule has 1 heterocycles. The van der Waals surface area contributed by atoms with Crippen LogP contribution in [0.3, 0.4) is 0 Å². The molecule has 0 amide bonds. The van der Waals surface area contributed by atoms with E-state index in [9.17, 15) is 4.79 Å². The summed E-state index contributed by atoms with van der Waals surface area (Å²) in [4.78, 5) is 13.4. The Morgan fingerprint density at radius 2 is 1.75 bits per heavy atom. The molecule has 3 rings (SSSR count). The van der Waals surface area contributed by atoms with Gasteiger partial charge in [-0.3, -0.25) is 0 Å². The van der Waals surface area contributed by atoms with Gasteiger partial charge in [0.25, 0.3) is 0 Å². The number of hydrogen-bond donors (Lipinski definition) is 0. The van der Waals surface area contributed by atoms with Crippen LogP contribution in [0.25, 0.3) is 11.6 Å². The highest BCUT2D eigenvalue weighted by molar-refractivity contribution is 7.98. The minimum Gasteiger partial charge on any atom is -0.493 e. The van der Waals surface area contributed by atoms with Crippen LogP contribution in [0.15, 0.2) is 41.3 Å². The van der Waals surface area contributed by atoms with Crippen molar-refractivity contribution < 1.29 is 19.0 Å². The lowest BCUT2D eigenvalue weighted by Gasteiger charge is -2.21. The lowest BCUT2D eigenvalue weighted by Crippen LogP contribution is -2.15. The van der Waals surface area contributed by atoms with E-state index in [1.54, 1.807) is 26.0 Å². The Morgan fingerprint density at radius 1 is 1.08 bits per heavy atom. The third-order valence-corrected chi connectivity index (χ3v) is 4.65. The zero-order chi connectivity index (χ0) is 17.1. The summed E-state index contributed by atoms with van der Waals surface area (Å²) in [5, 5.41) is 0. The Labute approximate surface area is 145 Å². The van der Waals surface area contributed by atoms with E-state index >= 15 is 0 Å². The second-order valence-corrected chi connectivity index (χ2v) is 6.15. The molecule has 2 aromatic rings. The summed E-state index contributed by atoms with van der Waals surface area (Å²) in [6, 6.07) is 11.7. The Bertz CT molecular complexity index is 794. The molecule has 0 fully saturated rings. The molecule has 0 saturated carbocycles. The number of rotatable bonds is 4. The van der Waals surface area contributed by atoms with Crippen LogP contribution in [0.2, 0.25) is 0 Å². The minimum absolute atomic E-state index is 0.233. The van der Waals surface area contributed by atoms with Crippen LogP contribution in [0, 0.1) is 0 Å². The van der Waals surface area contributed by atoms with E-state index in [4.69, 9.17) is 14.2 Å². The van der Waals surface area contributed by atoms with Gasteiger partial charge in [0, 0.05) is 10.5 Å². The fourth-order valence-electron chi connectivity index (χ4n) is 2.63. The molecule has 0 N–H and O–H groups in total. The highest BCUT2D eigenvalue weighted by Gasteiger charge is 2.25. The Morgan fingerprint density at radius 3 is 2.38 bits per heavy atom. The van der Waals surface area contributed by atoms with Crippen LogP contribution in [-0.2, 0) is 16.1 Å². The maximum atomic E-state index is 12.3. The van der Waals surface area contributed by atoms with Gasteiger partial charge in [-0.1, -0.05) is 12.1 Å². The quantitative estimate of drug-likeness (QED) is 0.477. The molecule has 1 aliphatic heterocycles. The van der Waals surface area contributed by atoms with Crippen molar-refractivity contribution in [3.05, 3.63) is 53.1 Å². The van der Waals surface area contributed by atoms with E-state index in [-0.39, 0.29) is 12.6 Å². The highest BCUT2D eigenvalue weighted by Crippen LogP contribution is 2.37. The predicted octanol–water partition coefficient (Wildman–Crippen LogP) is 4.02. The van der Waals surface area contributed by atoms with Crippen molar-refractivity contribution in [2.45, 2.75) is 11.5 Å². The molecule has 2 aromatic carbocycles. The number of hydrogen-bond acceptors (Lipinski definition) is 5. The summed E-state index contributed by atoms with van der Waals surface area (Å²) >= 11 is 1.68. The van der Waals surface area contributed by atoms with Gasteiger partial charge in [-0.25, -0.2) is 4.79 Å². The molecule has 0 saturated heterocycles. The van der Waals surface area contributed by atoms with E-state index in [0.29, 0.717) is 17.1 Å². The van der Waals surface area contributed by atoms with Crippen LogP contribution < -0.4 is 9.47 Å². The number of carbonyl (C=O) groups excluding carboxylic acids is 1. The standard InChI is InChI=1S/C19H18O4S/c1-21-17-9-13-11-23-19(20)16(15(13)10-18(17)22-2)8-12-4-6-14(24-3)7-5-12/h4-10H,11H2,1-3H3/b16-8+. The van der Waals surface area contributed by atoms with Gasteiger partial charge in [0.1, 0.15) is 6.61 Å². The summed E-state index contributed by atoms with van der Waals surface area (Å²) in [5.74, 6) is 0.885. The van der Waals surface area contributed by atoms with Crippen LogP contribution in [0.5, 0.6) is 11.5 Å². The number of methoxy groups -OCH3 is 2. The molecule has 124 valence electrons. The molecule has 0 bridgehead atoms. The lowest BCUT2D eigenvalue weighted by molar-refractivity contribution is -0.138. The summed E-state index contributed by atoms with van der Waals surface area (Å²) in [7, 11) is 3.17. The van der Waals surface area contributed by atoms with E-state index in [2.05, 4.69) is 0 Å². The molecule has 0 aliphatic carbocycles. The van der Waals surface area contributed by atoms with Crippen molar-refractivity contribution >= 4 is 29.4 Å². The first-order valence-electron chi connectivity index (χ1n) is 7.44. The topological polar surface area (TPSA) is 44.8 Å². The second-order valence-electron chi connectivity index (χ2n) is 5.27. The van der Waals surface area contributed by atoms with Gasteiger partial charge < -0.3 is 14.2 Å². The second kappa shape index (κ2) is 7.01. The maximum Gasteiger partial charge on any atom is 0.339 e. The average molecular weight is 342 g/mol. The molecule has 0 atom stereocenters. The van der Waals surface area contributed by atoms with E-state index in [1.807, 2.05) is 48.7 Å². The van der Waals surface area contributed by atoms with Crippen LogP contribution in [0.1, 0.15) is 16.7 Å². The molecule has 0 unspecified atom stereocenters. The van der Waals surface area contributed by atoms with Gasteiger partial charge in [0.15, 0.2) is 11.5 Å². The normalized spacial score (nSPS) is 15.0. The highest BCUT2D eigenvalue weighted by atomic mass is 32.2. The summed E-state index contributed by atoms with van der Waals surface area (Å²) in [6.07, 6.45) is 3.87. The largest absolute Gasteiger partial charge is 0.493 e. The van der Waals surface area contributed by atoms with Gasteiger partial charge >= 0.3 is 5.97 Å². The zero-order valence-corrected chi connectivity index (χ0v) is 14.6. The first-order valence-corrected chi connectivity index (χ1v) is 8.67. The van der Waals surface area contributed by atoms with Crippen LogP contribution in [0.4, 0.5) is 0 Å². The number of cyclic esters (lactones) is 1. The Kier molecular flexibility index (Phi) is 4.81. The monoisotopic (exact) mass is 342 g/mol. The van der Waals surface area contributed by atoms with Gasteiger partial charge in [0.05, 0.1) is 19.8 Å². The molecule has 4 nitrogen and oxygen atoms in total. The number of carbonyl (C=O) groups is 1. The molecular formula is C19H18O4S. The number of esters is 1. The SMILES string of the molecule is COc1cc2c(cc1OC)/C(=C\c1ccc(SC)cc1)C(=O)OC2. The van der Waals surface area contributed by atoms with E-state index < -0.39 is 0 Å². The van der Waals surface area contributed by atoms with E-state index in [0.717, 1.165) is 16.7 Å². The van der Waals surface area contributed by atoms with Crippen molar-refractivity contribution in [1.82, 2.24) is 0 Å². The molecule has 0 radical (unpaired) electrons. The van der Waals surface area contributed by atoms with Gasteiger partial charge in [-0.05, 0) is 47.7 Å². The third kappa shape index (κ3) is 3.12. The molecule has 5 heteroatoms. The summed E-state index contributed by atoms with van der Waals surface area (Å²) < 4.78 is 16.0. The van der Waals surface area contributed by atoms with Crippen molar-refractivity contribution in [3.63, 3.8) is 0 Å². The summed E-state index contributed by atoms with van der Waals surface area (Å²) in [6.45, 7) is 0.233. The van der Waals surface area contributed by atoms with E-state index in [1.165, 1.54) is 4.90 Å². The number of thioether (sulfide) groups is 1. The minimum atomic E-state index is -0.330. The van der Waals surface area contributed by atoms with Crippen LogP contribution in [-0.4, -0.2) is 26.4 Å². The number of benzene rings is 2. The average Bonchev–Trinajstić information content (AvgIpc) is 2.63. The summed E-state index contributed by atoms with van der Waals surface area (Å²) in [5.41, 5.74) is 3.19. The predicted molar refractivity (Wildman–Crippen MR) is 95.4 cm³/mol. The van der Waals surface area contributed by atoms with Crippen molar-refractivity contribution in [3.8, 4) is 11.5 Å². The molecular weight excluding hydrogens is 324 g/mol. The van der Waals surface area contributed by atoms with Crippen LogP contribution >= 0.6 is 11.8 Å². The first-order chi connectivity index (χ1) is 11.7. The van der Waals surface area contributed by atoms with Gasteiger partial charge in [-0.15, -0.1) is 11.8 Å². The number of fused-ring (bicyclic) bond motifs is 1. The van der Waals surface area contributed by atoms with Gasteiger partial charge in [-0.2, -0.15) is 0 Å². The zero-order valence-electron chi connectivity index (χ0n) is 13.8. The molecule has 0 aromatic heterocycles.